The van der Waals surface area contributed by atoms with Crippen LogP contribution in [0.5, 0.6) is 11.5 Å². The van der Waals surface area contributed by atoms with Gasteiger partial charge < -0.3 is 14.8 Å². The van der Waals surface area contributed by atoms with E-state index in [1.165, 1.54) is 11.3 Å². The zero-order valence-electron chi connectivity index (χ0n) is 18.2. The molecule has 6 nitrogen and oxygen atoms in total. The fourth-order valence-electron chi connectivity index (χ4n) is 3.19. The zero-order chi connectivity index (χ0) is 21.5. The molecule has 29 heavy (non-hydrogen) atoms. The third-order valence-corrected chi connectivity index (χ3v) is 6.01. The van der Waals surface area contributed by atoms with Crippen LogP contribution in [-0.4, -0.2) is 30.1 Å². The lowest BCUT2D eigenvalue weighted by Crippen LogP contribution is -2.16. The Morgan fingerprint density at radius 3 is 2.24 bits per heavy atom. The second-order valence-corrected chi connectivity index (χ2v) is 9.09. The number of aryl methyl sites for hydroxylation is 3. The summed E-state index contributed by atoms with van der Waals surface area (Å²) in [5.74, 6) is 1.81. The number of ether oxygens (including phenoxy) is 2. The Kier molecular flexibility index (Phi) is 5.54. The highest BCUT2D eigenvalue weighted by molar-refractivity contribution is 7.20. The van der Waals surface area contributed by atoms with Gasteiger partial charge in [-0.3, -0.25) is 4.79 Å². The van der Waals surface area contributed by atoms with Crippen LogP contribution in [0.15, 0.2) is 12.1 Å². The number of anilines is 1. The van der Waals surface area contributed by atoms with Gasteiger partial charge in [0.25, 0.3) is 5.91 Å². The predicted molar refractivity (Wildman–Crippen MR) is 118 cm³/mol. The van der Waals surface area contributed by atoms with Crippen molar-refractivity contribution in [1.29, 1.82) is 0 Å². The smallest absolute Gasteiger partial charge is 0.266 e. The molecular weight excluding hydrogens is 386 g/mol. The van der Waals surface area contributed by atoms with Crippen molar-refractivity contribution in [3.05, 3.63) is 39.7 Å². The Balaban J connectivity index is 2.02. The van der Waals surface area contributed by atoms with Gasteiger partial charge in [-0.25, -0.2) is 9.97 Å². The van der Waals surface area contributed by atoms with E-state index in [-0.39, 0.29) is 11.3 Å². The molecule has 3 aromatic rings. The quantitative estimate of drug-likeness (QED) is 0.638. The molecular formula is C22H27N3O3S. The molecule has 1 aromatic carbocycles. The molecule has 3 rings (SSSR count). The number of amides is 1. The van der Waals surface area contributed by atoms with Crippen LogP contribution < -0.4 is 14.8 Å². The van der Waals surface area contributed by atoms with E-state index in [2.05, 4.69) is 31.1 Å². The molecule has 0 spiro atoms. The fraction of sp³-hybridized carbons (Fsp3) is 0.409. The molecule has 0 aliphatic rings. The highest BCUT2D eigenvalue weighted by Crippen LogP contribution is 2.36. The standard InChI is InChI=1S/C22H27N3O3S/c1-11-9-15(27-7)16(28-8)10-14(11)24-19(26)18-12(2)17-13(3)23-21(22(4,5)6)25-20(17)29-18/h9-10H,1-8H3,(H,24,26). The van der Waals surface area contributed by atoms with E-state index in [4.69, 9.17) is 14.5 Å². The van der Waals surface area contributed by atoms with Crippen LogP contribution in [0.25, 0.3) is 10.2 Å². The zero-order valence-corrected chi connectivity index (χ0v) is 19.0. The van der Waals surface area contributed by atoms with Gasteiger partial charge in [-0.1, -0.05) is 20.8 Å². The van der Waals surface area contributed by atoms with Gasteiger partial charge in [0, 0.05) is 22.6 Å². The lowest BCUT2D eigenvalue weighted by Gasteiger charge is -2.16. The number of nitrogens with zero attached hydrogens (tertiary/aromatic N) is 2. The van der Waals surface area contributed by atoms with Gasteiger partial charge in [-0.2, -0.15) is 0 Å². The third kappa shape index (κ3) is 3.92. The van der Waals surface area contributed by atoms with Gasteiger partial charge in [-0.15, -0.1) is 11.3 Å². The molecule has 0 radical (unpaired) electrons. The summed E-state index contributed by atoms with van der Waals surface area (Å²) in [4.78, 5) is 24.0. The number of nitrogens with one attached hydrogen (secondary N) is 1. The lowest BCUT2D eigenvalue weighted by atomic mass is 9.95. The molecule has 2 aromatic heterocycles. The highest BCUT2D eigenvalue weighted by atomic mass is 32.1. The molecule has 2 heterocycles. The minimum atomic E-state index is -0.169. The maximum atomic E-state index is 13.1. The monoisotopic (exact) mass is 413 g/mol. The van der Waals surface area contributed by atoms with Gasteiger partial charge in [0.05, 0.1) is 24.8 Å². The normalized spacial score (nSPS) is 11.6. The molecule has 0 bridgehead atoms. The topological polar surface area (TPSA) is 73.3 Å². The SMILES string of the molecule is COc1cc(C)c(NC(=O)c2sc3nc(C(C)(C)C)nc(C)c3c2C)cc1OC. The molecule has 154 valence electrons. The van der Waals surface area contributed by atoms with Gasteiger partial charge in [-0.05, 0) is 38.0 Å². The van der Waals surface area contributed by atoms with E-state index in [1.807, 2.05) is 26.8 Å². The van der Waals surface area contributed by atoms with Gasteiger partial charge >= 0.3 is 0 Å². The number of rotatable bonds is 4. The number of hydrogen-bond acceptors (Lipinski definition) is 6. The Morgan fingerprint density at radius 1 is 1.03 bits per heavy atom. The van der Waals surface area contributed by atoms with E-state index >= 15 is 0 Å². The summed E-state index contributed by atoms with van der Waals surface area (Å²) in [6.07, 6.45) is 0. The molecule has 1 amide bonds. The third-order valence-electron chi connectivity index (χ3n) is 4.83. The van der Waals surface area contributed by atoms with Crippen LogP contribution in [0, 0.1) is 20.8 Å². The Bertz CT molecular complexity index is 1100. The molecule has 0 unspecified atom stereocenters. The number of fused-ring (bicyclic) bond motifs is 1. The molecule has 7 heteroatoms. The Morgan fingerprint density at radius 2 is 1.66 bits per heavy atom. The average molecular weight is 414 g/mol. The van der Waals surface area contributed by atoms with Crippen molar-refractivity contribution >= 4 is 33.1 Å². The number of carbonyl (C=O) groups is 1. The van der Waals surface area contributed by atoms with Crippen LogP contribution >= 0.6 is 11.3 Å². The first-order chi connectivity index (χ1) is 13.6. The molecule has 0 saturated heterocycles. The van der Waals surface area contributed by atoms with Gasteiger partial charge in [0.15, 0.2) is 11.5 Å². The number of methoxy groups -OCH3 is 2. The Labute approximate surface area is 175 Å². The number of aromatic nitrogens is 2. The van der Waals surface area contributed by atoms with Crippen molar-refractivity contribution in [3.63, 3.8) is 0 Å². The first kappa shape index (κ1) is 21.0. The van der Waals surface area contributed by atoms with Crippen molar-refractivity contribution in [3.8, 4) is 11.5 Å². The number of benzene rings is 1. The molecule has 0 atom stereocenters. The van der Waals surface area contributed by atoms with Crippen LogP contribution in [0.1, 0.15) is 53.1 Å². The molecule has 0 saturated carbocycles. The minimum Gasteiger partial charge on any atom is -0.493 e. The average Bonchev–Trinajstić information content (AvgIpc) is 2.99. The van der Waals surface area contributed by atoms with Crippen LogP contribution in [-0.2, 0) is 5.41 Å². The van der Waals surface area contributed by atoms with Crippen molar-refractivity contribution in [2.75, 3.05) is 19.5 Å². The summed E-state index contributed by atoms with van der Waals surface area (Å²) < 4.78 is 10.7. The predicted octanol–water partition coefficient (Wildman–Crippen LogP) is 5.18. The lowest BCUT2D eigenvalue weighted by molar-refractivity contribution is 0.103. The van der Waals surface area contributed by atoms with E-state index in [0.29, 0.717) is 22.1 Å². The van der Waals surface area contributed by atoms with Gasteiger partial charge in [0.2, 0.25) is 0 Å². The largest absolute Gasteiger partial charge is 0.493 e. The van der Waals surface area contributed by atoms with Crippen molar-refractivity contribution < 1.29 is 14.3 Å². The second-order valence-electron chi connectivity index (χ2n) is 8.10. The van der Waals surface area contributed by atoms with Crippen LogP contribution in [0.4, 0.5) is 5.69 Å². The Hall–Kier alpha value is -2.67. The van der Waals surface area contributed by atoms with E-state index in [0.717, 1.165) is 32.9 Å². The van der Waals surface area contributed by atoms with Crippen LogP contribution in [0.3, 0.4) is 0 Å². The van der Waals surface area contributed by atoms with Crippen molar-refractivity contribution in [1.82, 2.24) is 9.97 Å². The van der Waals surface area contributed by atoms with E-state index in [9.17, 15) is 4.79 Å². The summed E-state index contributed by atoms with van der Waals surface area (Å²) in [6.45, 7) is 12.1. The fourth-order valence-corrected chi connectivity index (χ4v) is 4.31. The number of carbonyl (C=O) groups excluding carboxylic acids is 1. The van der Waals surface area contributed by atoms with E-state index < -0.39 is 0 Å². The summed E-state index contributed by atoms with van der Waals surface area (Å²) >= 11 is 1.40. The summed E-state index contributed by atoms with van der Waals surface area (Å²) in [5.41, 5.74) is 3.22. The summed E-state index contributed by atoms with van der Waals surface area (Å²) in [7, 11) is 3.16. The highest BCUT2D eigenvalue weighted by Gasteiger charge is 2.24. The molecule has 0 aliphatic carbocycles. The first-order valence-electron chi connectivity index (χ1n) is 9.39. The molecule has 0 fully saturated rings. The number of hydrogen-bond donors (Lipinski definition) is 1. The summed E-state index contributed by atoms with van der Waals surface area (Å²) in [6, 6.07) is 3.62. The first-order valence-corrected chi connectivity index (χ1v) is 10.2. The number of thiophene rings is 1. The molecule has 1 N–H and O–H groups in total. The summed E-state index contributed by atoms with van der Waals surface area (Å²) in [5, 5.41) is 3.96. The van der Waals surface area contributed by atoms with Crippen LogP contribution in [0.2, 0.25) is 0 Å². The minimum absolute atomic E-state index is 0.157. The second kappa shape index (κ2) is 7.63. The van der Waals surface area contributed by atoms with Crippen molar-refractivity contribution in [2.45, 2.75) is 47.0 Å². The maximum Gasteiger partial charge on any atom is 0.266 e. The van der Waals surface area contributed by atoms with Gasteiger partial charge in [0.1, 0.15) is 10.7 Å². The maximum absolute atomic E-state index is 13.1. The van der Waals surface area contributed by atoms with Crippen molar-refractivity contribution in [2.24, 2.45) is 0 Å². The van der Waals surface area contributed by atoms with E-state index in [1.54, 1.807) is 20.3 Å². The molecule has 0 aliphatic heterocycles.